The molecule has 0 bridgehead atoms. The van der Waals surface area contributed by atoms with E-state index in [1.165, 1.54) is 0 Å². The molecule has 1 aliphatic rings. The van der Waals surface area contributed by atoms with Gasteiger partial charge in [0.05, 0.1) is 5.92 Å². The number of rotatable bonds is 3. The molecule has 0 spiro atoms. The summed E-state index contributed by atoms with van der Waals surface area (Å²) in [6.07, 6.45) is -0.356. The van der Waals surface area contributed by atoms with Crippen LogP contribution in [-0.4, -0.2) is 30.1 Å². The Morgan fingerprint density at radius 2 is 2.09 bits per heavy atom. The minimum absolute atomic E-state index is 0.237. The number of benzene rings is 1. The summed E-state index contributed by atoms with van der Waals surface area (Å²) in [6, 6.07) is 5.32. The van der Waals surface area contributed by atoms with Crippen LogP contribution in [-0.2, 0) is 20.7 Å². The van der Waals surface area contributed by atoms with Crippen LogP contribution in [0, 0.1) is 5.92 Å². The molecule has 0 saturated heterocycles. The van der Waals surface area contributed by atoms with Gasteiger partial charge in [0.1, 0.15) is 12.4 Å². The molecule has 1 aromatic carbocycles. The highest BCUT2D eigenvalue weighted by atomic mass is 35.5. The molecule has 2 atom stereocenters. The SMILES string of the molecule is C[C@H](OC(=O)[C@H]1COc2ccc(Cl)cc2C1)C(=O)NC(C)(C)C. The normalized spacial score (nSPS) is 18.4. The van der Waals surface area contributed by atoms with Crippen LogP contribution in [0.5, 0.6) is 5.75 Å². The van der Waals surface area contributed by atoms with Crippen LogP contribution in [0.2, 0.25) is 5.02 Å². The van der Waals surface area contributed by atoms with E-state index < -0.39 is 18.0 Å². The number of carbonyl (C=O) groups excluding carboxylic acids is 2. The van der Waals surface area contributed by atoms with Gasteiger partial charge in [0.25, 0.3) is 5.91 Å². The maximum absolute atomic E-state index is 12.3. The third kappa shape index (κ3) is 4.86. The Labute approximate surface area is 141 Å². The number of hydrogen-bond donors (Lipinski definition) is 1. The lowest BCUT2D eigenvalue weighted by molar-refractivity contribution is -0.160. The number of fused-ring (bicyclic) bond motifs is 1. The molecule has 0 fully saturated rings. The molecule has 0 radical (unpaired) electrons. The van der Waals surface area contributed by atoms with Crippen LogP contribution in [0.4, 0.5) is 0 Å². The van der Waals surface area contributed by atoms with Crippen molar-refractivity contribution < 1.29 is 19.1 Å². The zero-order valence-electron chi connectivity index (χ0n) is 13.8. The van der Waals surface area contributed by atoms with Gasteiger partial charge in [-0.25, -0.2) is 0 Å². The van der Waals surface area contributed by atoms with Gasteiger partial charge in [-0.2, -0.15) is 0 Å². The first-order valence-corrected chi connectivity index (χ1v) is 7.97. The Morgan fingerprint density at radius 1 is 1.39 bits per heavy atom. The van der Waals surface area contributed by atoms with Crippen molar-refractivity contribution in [1.82, 2.24) is 5.32 Å². The summed E-state index contributed by atoms with van der Waals surface area (Å²) in [5.74, 6) is -0.457. The lowest BCUT2D eigenvalue weighted by atomic mass is 9.97. The van der Waals surface area contributed by atoms with Crippen molar-refractivity contribution in [2.45, 2.75) is 45.8 Å². The van der Waals surface area contributed by atoms with Gasteiger partial charge in [-0.05, 0) is 57.9 Å². The first-order valence-electron chi connectivity index (χ1n) is 7.59. The summed E-state index contributed by atoms with van der Waals surface area (Å²) < 4.78 is 10.9. The smallest absolute Gasteiger partial charge is 0.313 e. The maximum atomic E-state index is 12.3. The molecule has 5 nitrogen and oxygen atoms in total. The molecular formula is C17H22ClNO4. The number of halogens is 1. The molecule has 1 N–H and O–H groups in total. The topological polar surface area (TPSA) is 64.6 Å². The predicted molar refractivity (Wildman–Crippen MR) is 87.6 cm³/mol. The second kappa shape index (κ2) is 6.79. The van der Waals surface area contributed by atoms with Gasteiger partial charge in [-0.1, -0.05) is 11.6 Å². The summed E-state index contributed by atoms with van der Waals surface area (Å²) in [5.41, 5.74) is 0.499. The van der Waals surface area contributed by atoms with E-state index in [1.807, 2.05) is 20.8 Å². The van der Waals surface area contributed by atoms with Crippen LogP contribution < -0.4 is 10.1 Å². The van der Waals surface area contributed by atoms with Crippen molar-refractivity contribution >= 4 is 23.5 Å². The van der Waals surface area contributed by atoms with E-state index in [9.17, 15) is 9.59 Å². The number of nitrogens with one attached hydrogen (secondary N) is 1. The van der Waals surface area contributed by atoms with E-state index >= 15 is 0 Å². The Hall–Kier alpha value is -1.75. The van der Waals surface area contributed by atoms with Gasteiger partial charge in [0, 0.05) is 10.6 Å². The lowest BCUT2D eigenvalue weighted by Gasteiger charge is -2.26. The molecule has 2 rings (SSSR count). The Balaban J connectivity index is 1.95. The molecule has 1 heterocycles. The Kier molecular flexibility index (Phi) is 5.19. The lowest BCUT2D eigenvalue weighted by Crippen LogP contribution is -2.47. The van der Waals surface area contributed by atoms with Gasteiger partial charge in [0.15, 0.2) is 6.10 Å². The van der Waals surface area contributed by atoms with Crippen molar-refractivity contribution in [3.8, 4) is 5.75 Å². The third-order valence-corrected chi connectivity index (χ3v) is 3.66. The molecular weight excluding hydrogens is 318 g/mol. The monoisotopic (exact) mass is 339 g/mol. The van der Waals surface area contributed by atoms with E-state index in [1.54, 1.807) is 25.1 Å². The Bertz CT molecular complexity index is 609. The highest BCUT2D eigenvalue weighted by Crippen LogP contribution is 2.30. The summed E-state index contributed by atoms with van der Waals surface area (Å²) in [6.45, 7) is 7.41. The van der Waals surface area contributed by atoms with Crippen LogP contribution >= 0.6 is 11.6 Å². The van der Waals surface area contributed by atoms with Gasteiger partial charge in [0.2, 0.25) is 0 Å². The molecule has 0 unspecified atom stereocenters. The molecule has 0 saturated carbocycles. The maximum Gasteiger partial charge on any atom is 0.313 e. The fourth-order valence-electron chi connectivity index (χ4n) is 2.31. The first-order chi connectivity index (χ1) is 10.7. The molecule has 0 aliphatic carbocycles. The van der Waals surface area contributed by atoms with Crippen molar-refractivity contribution in [1.29, 1.82) is 0 Å². The standard InChI is InChI=1S/C17H22ClNO4/c1-10(15(20)19-17(2,3)4)23-16(21)12-7-11-8-13(18)5-6-14(11)22-9-12/h5-6,8,10,12H,7,9H2,1-4H3,(H,19,20)/t10-,12+/m0/s1. The molecule has 6 heteroatoms. The van der Waals surface area contributed by atoms with Crippen molar-refractivity contribution in [2.24, 2.45) is 5.92 Å². The number of esters is 1. The van der Waals surface area contributed by atoms with Gasteiger partial charge in [-0.15, -0.1) is 0 Å². The molecule has 126 valence electrons. The molecule has 23 heavy (non-hydrogen) atoms. The summed E-state index contributed by atoms with van der Waals surface area (Å²) >= 11 is 5.97. The third-order valence-electron chi connectivity index (χ3n) is 3.42. The highest BCUT2D eigenvalue weighted by Gasteiger charge is 2.30. The van der Waals surface area contributed by atoms with Crippen molar-refractivity contribution in [3.63, 3.8) is 0 Å². The van der Waals surface area contributed by atoms with Gasteiger partial charge in [-0.3, -0.25) is 9.59 Å². The number of amides is 1. The summed E-state index contributed by atoms with van der Waals surface area (Å²) in [5, 5.41) is 3.38. The van der Waals surface area contributed by atoms with Crippen molar-refractivity contribution in [3.05, 3.63) is 28.8 Å². The fourth-order valence-corrected chi connectivity index (χ4v) is 2.50. The first kappa shape index (κ1) is 17.6. The highest BCUT2D eigenvalue weighted by molar-refractivity contribution is 6.30. The fraction of sp³-hybridized carbons (Fsp3) is 0.529. The van der Waals surface area contributed by atoms with E-state index in [2.05, 4.69) is 5.32 Å². The number of ether oxygens (including phenoxy) is 2. The minimum Gasteiger partial charge on any atom is -0.492 e. The summed E-state index contributed by atoms with van der Waals surface area (Å²) in [4.78, 5) is 24.2. The van der Waals surface area contributed by atoms with Crippen LogP contribution in [0.3, 0.4) is 0 Å². The van der Waals surface area contributed by atoms with E-state index in [0.29, 0.717) is 11.4 Å². The van der Waals surface area contributed by atoms with E-state index in [-0.39, 0.29) is 18.1 Å². The second-order valence-corrected chi connectivity index (χ2v) is 7.22. The molecule has 0 aromatic heterocycles. The van der Waals surface area contributed by atoms with Crippen molar-refractivity contribution in [2.75, 3.05) is 6.61 Å². The summed E-state index contributed by atoms with van der Waals surface area (Å²) in [7, 11) is 0. The van der Waals surface area contributed by atoms with Crippen LogP contribution in [0.25, 0.3) is 0 Å². The molecule has 1 amide bonds. The van der Waals surface area contributed by atoms with Crippen LogP contribution in [0.1, 0.15) is 33.3 Å². The molecule has 1 aromatic rings. The zero-order valence-corrected chi connectivity index (χ0v) is 14.6. The Morgan fingerprint density at radius 3 is 2.74 bits per heavy atom. The van der Waals surface area contributed by atoms with Gasteiger partial charge >= 0.3 is 5.97 Å². The van der Waals surface area contributed by atoms with Gasteiger partial charge < -0.3 is 14.8 Å². The quantitative estimate of drug-likeness (QED) is 0.860. The predicted octanol–water partition coefficient (Wildman–Crippen LogP) is 2.74. The zero-order chi connectivity index (χ0) is 17.2. The molecule has 1 aliphatic heterocycles. The average molecular weight is 340 g/mol. The number of hydrogen-bond acceptors (Lipinski definition) is 4. The minimum atomic E-state index is -0.845. The second-order valence-electron chi connectivity index (χ2n) is 6.78. The van der Waals surface area contributed by atoms with E-state index in [4.69, 9.17) is 21.1 Å². The average Bonchev–Trinajstić information content (AvgIpc) is 2.44. The number of carbonyl (C=O) groups is 2. The largest absolute Gasteiger partial charge is 0.492 e. The van der Waals surface area contributed by atoms with E-state index in [0.717, 1.165) is 11.3 Å². The van der Waals surface area contributed by atoms with Crippen LogP contribution in [0.15, 0.2) is 18.2 Å².